The smallest absolute Gasteiger partial charge is 0.303 e. The monoisotopic (exact) mass is 292 g/mol. The zero-order chi connectivity index (χ0) is 15.9. The van der Waals surface area contributed by atoms with Crippen LogP contribution in [0.3, 0.4) is 0 Å². The molecule has 0 aliphatic heterocycles. The number of rotatable bonds is 9. The molecular formula is C19H32O2. The van der Waals surface area contributed by atoms with Crippen LogP contribution in [-0.4, -0.2) is 11.1 Å². The van der Waals surface area contributed by atoms with E-state index in [0.717, 1.165) is 12.8 Å². The molecule has 1 aromatic carbocycles. The van der Waals surface area contributed by atoms with Crippen LogP contribution in [0.1, 0.15) is 76.3 Å². The lowest BCUT2D eigenvalue weighted by Crippen LogP contribution is -1.93. The minimum Gasteiger partial charge on any atom is -0.481 e. The van der Waals surface area contributed by atoms with Gasteiger partial charge in [0, 0.05) is 6.42 Å². The molecule has 1 N–H and O–H groups in total. The maximum absolute atomic E-state index is 10.0. The summed E-state index contributed by atoms with van der Waals surface area (Å²) in [7, 11) is 0. The van der Waals surface area contributed by atoms with Gasteiger partial charge in [-0.1, -0.05) is 75.8 Å². The van der Waals surface area contributed by atoms with Crippen LogP contribution in [0.4, 0.5) is 0 Å². The standard InChI is InChI=1S/C11H16.C8H16O2/c1-3-4-5-11-8-6-10(2)7-9-11;1-2-3-4-5-6-7-8(9)10/h6-9H,3-5H2,1-2H3;2-7H2,1H3,(H,9,10). The lowest BCUT2D eigenvalue weighted by Gasteiger charge is -1.99. The van der Waals surface area contributed by atoms with Crippen molar-refractivity contribution in [3.63, 3.8) is 0 Å². The van der Waals surface area contributed by atoms with Gasteiger partial charge in [-0.2, -0.15) is 0 Å². The zero-order valence-electron chi connectivity index (χ0n) is 14.0. The molecule has 0 fully saturated rings. The van der Waals surface area contributed by atoms with E-state index in [0.29, 0.717) is 6.42 Å². The van der Waals surface area contributed by atoms with E-state index in [4.69, 9.17) is 5.11 Å². The molecule has 120 valence electrons. The lowest BCUT2D eigenvalue weighted by atomic mass is 10.1. The van der Waals surface area contributed by atoms with E-state index in [-0.39, 0.29) is 0 Å². The molecule has 0 aliphatic rings. The van der Waals surface area contributed by atoms with Gasteiger partial charge < -0.3 is 5.11 Å². The first-order chi connectivity index (χ1) is 10.1. The number of aliphatic carboxylic acids is 1. The minimum atomic E-state index is -0.670. The molecule has 0 radical (unpaired) electrons. The fourth-order valence-corrected chi connectivity index (χ4v) is 2.02. The van der Waals surface area contributed by atoms with Crippen molar-refractivity contribution in [1.29, 1.82) is 0 Å². The predicted molar refractivity (Wildman–Crippen MR) is 90.8 cm³/mol. The summed E-state index contributed by atoms with van der Waals surface area (Å²) in [6.07, 6.45) is 9.71. The molecule has 0 unspecified atom stereocenters. The maximum atomic E-state index is 10.0. The zero-order valence-corrected chi connectivity index (χ0v) is 14.0. The van der Waals surface area contributed by atoms with E-state index in [2.05, 4.69) is 45.0 Å². The van der Waals surface area contributed by atoms with Crippen molar-refractivity contribution in [3.8, 4) is 0 Å². The summed E-state index contributed by atoms with van der Waals surface area (Å²) in [5, 5.41) is 8.27. The summed E-state index contributed by atoms with van der Waals surface area (Å²) in [5.41, 5.74) is 2.82. The lowest BCUT2D eigenvalue weighted by molar-refractivity contribution is -0.137. The Morgan fingerprint density at radius 3 is 2.00 bits per heavy atom. The Labute approximate surface area is 130 Å². The van der Waals surface area contributed by atoms with Gasteiger partial charge >= 0.3 is 5.97 Å². The van der Waals surface area contributed by atoms with Gasteiger partial charge in [0.25, 0.3) is 0 Å². The van der Waals surface area contributed by atoms with Gasteiger partial charge in [-0.3, -0.25) is 4.79 Å². The van der Waals surface area contributed by atoms with Crippen LogP contribution in [0.5, 0.6) is 0 Å². The molecule has 2 nitrogen and oxygen atoms in total. The Morgan fingerprint density at radius 2 is 1.48 bits per heavy atom. The molecule has 21 heavy (non-hydrogen) atoms. The van der Waals surface area contributed by atoms with Crippen LogP contribution in [0.25, 0.3) is 0 Å². The molecule has 1 rings (SSSR count). The molecule has 0 aromatic heterocycles. The second-order valence-corrected chi connectivity index (χ2v) is 5.65. The maximum Gasteiger partial charge on any atom is 0.303 e. The van der Waals surface area contributed by atoms with E-state index in [9.17, 15) is 4.79 Å². The Bertz CT molecular complexity index is 354. The van der Waals surface area contributed by atoms with Gasteiger partial charge in [-0.05, 0) is 31.7 Å². The number of carboxylic acid groups (broad SMARTS) is 1. The highest BCUT2D eigenvalue weighted by Gasteiger charge is 1.94. The molecule has 0 spiro atoms. The summed E-state index contributed by atoms with van der Waals surface area (Å²) >= 11 is 0. The van der Waals surface area contributed by atoms with Crippen LogP contribution >= 0.6 is 0 Å². The highest BCUT2D eigenvalue weighted by Crippen LogP contribution is 2.06. The van der Waals surface area contributed by atoms with Crippen molar-refractivity contribution in [2.45, 2.75) is 78.6 Å². The molecule has 0 saturated heterocycles. The Kier molecular flexibility index (Phi) is 12.8. The van der Waals surface area contributed by atoms with Crippen molar-refractivity contribution in [2.75, 3.05) is 0 Å². The fourth-order valence-electron chi connectivity index (χ4n) is 2.02. The fraction of sp³-hybridized carbons (Fsp3) is 0.632. The van der Waals surface area contributed by atoms with Crippen molar-refractivity contribution >= 4 is 5.97 Å². The number of hydrogen-bond donors (Lipinski definition) is 1. The van der Waals surface area contributed by atoms with Gasteiger partial charge in [-0.15, -0.1) is 0 Å². The average Bonchev–Trinajstić information content (AvgIpc) is 2.47. The van der Waals surface area contributed by atoms with Gasteiger partial charge in [0.1, 0.15) is 0 Å². The van der Waals surface area contributed by atoms with Crippen LogP contribution < -0.4 is 0 Å². The van der Waals surface area contributed by atoms with Crippen LogP contribution in [0.15, 0.2) is 24.3 Å². The second kappa shape index (κ2) is 13.7. The number of unbranched alkanes of at least 4 members (excludes halogenated alkanes) is 5. The van der Waals surface area contributed by atoms with Gasteiger partial charge in [0.15, 0.2) is 0 Å². The minimum absolute atomic E-state index is 0.337. The number of aryl methyl sites for hydroxylation is 2. The van der Waals surface area contributed by atoms with Gasteiger partial charge in [0.05, 0.1) is 0 Å². The largest absolute Gasteiger partial charge is 0.481 e. The van der Waals surface area contributed by atoms with Crippen LogP contribution in [0, 0.1) is 6.92 Å². The number of carboxylic acids is 1. The molecule has 0 atom stereocenters. The molecule has 1 aromatic rings. The summed E-state index contributed by atoms with van der Waals surface area (Å²) in [4.78, 5) is 10.0. The second-order valence-electron chi connectivity index (χ2n) is 5.65. The molecule has 0 saturated carbocycles. The van der Waals surface area contributed by atoms with Crippen molar-refractivity contribution in [1.82, 2.24) is 0 Å². The first-order valence-corrected chi connectivity index (χ1v) is 8.37. The Balaban J connectivity index is 0.000000384. The number of hydrogen-bond acceptors (Lipinski definition) is 1. The van der Waals surface area contributed by atoms with E-state index in [1.165, 1.54) is 49.7 Å². The molecular weight excluding hydrogens is 260 g/mol. The molecule has 0 amide bonds. The summed E-state index contributed by atoms with van der Waals surface area (Å²) in [6, 6.07) is 8.83. The van der Waals surface area contributed by atoms with E-state index in [1.54, 1.807) is 0 Å². The normalized spacial score (nSPS) is 9.86. The number of benzene rings is 1. The van der Waals surface area contributed by atoms with Crippen molar-refractivity contribution < 1.29 is 9.90 Å². The molecule has 2 heteroatoms. The van der Waals surface area contributed by atoms with Crippen LogP contribution in [-0.2, 0) is 11.2 Å². The highest BCUT2D eigenvalue weighted by molar-refractivity contribution is 5.66. The van der Waals surface area contributed by atoms with E-state index >= 15 is 0 Å². The first kappa shape index (κ1) is 19.7. The third kappa shape index (κ3) is 13.4. The predicted octanol–water partition coefficient (Wildman–Crippen LogP) is 5.77. The Hall–Kier alpha value is -1.31. The topological polar surface area (TPSA) is 37.3 Å². The SMILES string of the molecule is CCCCCCCC(=O)O.CCCCc1ccc(C)cc1. The third-order valence-electron chi connectivity index (χ3n) is 3.43. The highest BCUT2D eigenvalue weighted by atomic mass is 16.4. The van der Waals surface area contributed by atoms with E-state index < -0.39 is 5.97 Å². The quantitative estimate of drug-likeness (QED) is 0.587. The van der Waals surface area contributed by atoms with Gasteiger partial charge in [0.2, 0.25) is 0 Å². The summed E-state index contributed by atoms with van der Waals surface area (Å²) < 4.78 is 0. The molecule has 0 heterocycles. The average molecular weight is 292 g/mol. The van der Waals surface area contributed by atoms with Crippen molar-refractivity contribution in [3.05, 3.63) is 35.4 Å². The first-order valence-electron chi connectivity index (χ1n) is 8.37. The Morgan fingerprint density at radius 1 is 0.905 bits per heavy atom. The molecule has 0 aliphatic carbocycles. The summed E-state index contributed by atoms with van der Waals surface area (Å²) in [5.74, 6) is -0.670. The molecule has 0 bridgehead atoms. The van der Waals surface area contributed by atoms with Gasteiger partial charge in [-0.25, -0.2) is 0 Å². The van der Waals surface area contributed by atoms with Crippen LogP contribution in [0.2, 0.25) is 0 Å². The summed E-state index contributed by atoms with van der Waals surface area (Å²) in [6.45, 7) is 6.51. The third-order valence-corrected chi connectivity index (χ3v) is 3.43. The number of carbonyl (C=O) groups is 1. The van der Waals surface area contributed by atoms with E-state index in [1.807, 2.05) is 0 Å². The van der Waals surface area contributed by atoms with Crippen molar-refractivity contribution in [2.24, 2.45) is 0 Å².